The second-order valence-corrected chi connectivity index (χ2v) is 6.92. The predicted molar refractivity (Wildman–Crippen MR) is 102 cm³/mol. The molecule has 2 unspecified atom stereocenters. The van der Waals surface area contributed by atoms with Crippen molar-refractivity contribution in [2.24, 2.45) is 5.92 Å². The molecule has 2 N–H and O–H groups in total. The summed E-state index contributed by atoms with van der Waals surface area (Å²) in [5, 5.41) is 11.2. The Balaban J connectivity index is 0.00000225. The van der Waals surface area contributed by atoms with Gasteiger partial charge in [-0.05, 0) is 37.9 Å². The molecule has 2 heterocycles. The first-order chi connectivity index (χ1) is 11.5. The van der Waals surface area contributed by atoms with Crippen LogP contribution in [0.3, 0.4) is 0 Å². The number of amides is 1. The zero-order valence-electron chi connectivity index (χ0n) is 13.9. The average Bonchev–Trinajstić information content (AvgIpc) is 2.91. The van der Waals surface area contributed by atoms with Gasteiger partial charge in [0.2, 0.25) is 0 Å². The van der Waals surface area contributed by atoms with Crippen LogP contribution in [0.2, 0.25) is 10.0 Å². The van der Waals surface area contributed by atoms with E-state index in [1.807, 2.05) is 0 Å². The fraction of sp³-hybridized carbons (Fsp3) is 0.412. The van der Waals surface area contributed by atoms with Gasteiger partial charge < -0.3 is 15.2 Å². The topological polar surface area (TPSA) is 67.2 Å². The number of nitrogens with one attached hydrogen (secondary N) is 2. The van der Waals surface area contributed by atoms with Gasteiger partial charge in [-0.15, -0.1) is 12.4 Å². The highest BCUT2D eigenvalue weighted by Gasteiger charge is 2.28. The Morgan fingerprint density at radius 2 is 2.04 bits per heavy atom. The second-order valence-electron chi connectivity index (χ2n) is 6.11. The standard InChI is InChI=1S/C17H19Cl2N3O2.ClH/c1-9-6-7-20-8-13(9)21-17(23)14-10(2)24-22-16(14)15-11(18)4-3-5-12(15)19;/h3-5,9,13,20H,6-8H2,1-2H3,(H,21,23);1H. The van der Waals surface area contributed by atoms with Crippen molar-refractivity contribution in [3.05, 3.63) is 39.6 Å². The van der Waals surface area contributed by atoms with Gasteiger partial charge >= 0.3 is 0 Å². The summed E-state index contributed by atoms with van der Waals surface area (Å²) in [5.74, 6) is 0.623. The molecule has 0 saturated carbocycles. The molecule has 0 spiro atoms. The van der Waals surface area contributed by atoms with Crippen molar-refractivity contribution >= 4 is 41.5 Å². The zero-order valence-corrected chi connectivity index (χ0v) is 16.3. The first-order valence-electron chi connectivity index (χ1n) is 7.91. The molecule has 0 radical (unpaired) electrons. The SMILES string of the molecule is Cc1onc(-c2c(Cl)cccc2Cl)c1C(=O)NC1CNCCC1C.Cl. The molecule has 1 aromatic carbocycles. The minimum absolute atomic E-state index is 0. The van der Waals surface area contributed by atoms with Crippen LogP contribution in [0.25, 0.3) is 11.3 Å². The number of nitrogens with zero attached hydrogens (tertiary/aromatic N) is 1. The highest BCUT2D eigenvalue weighted by molar-refractivity contribution is 6.39. The quantitative estimate of drug-likeness (QED) is 0.808. The van der Waals surface area contributed by atoms with Crippen LogP contribution in [0.4, 0.5) is 0 Å². The minimum Gasteiger partial charge on any atom is -0.360 e. The molecule has 2 aromatic rings. The van der Waals surface area contributed by atoms with Gasteiger partial charge in [0.15, 0.2) is 0 Å². The molecule has 25 heavy (non-hydrogen) atoms. The highest BCUT2D eigenvalue weighted by atomic mass is 35.5. The molecule has 1 amide bonds. The number of rotatable bonds is 3. The first-order valence-corrected chi connectivity index (χ1v) is 8.67. The zero-order chi connectivity index (χ0) is 17.3. The van der Waals surface area contributed by atoms with Crippen molar-refractivity contribution in [2.45, 2.75) is 26.3 Å². The predicted octanol–water partition coefficient (Wildman–Crippen LogP) is 4.11. The van der Waals surface area contributed by atoms with Crippen molar-refractivity contribution in [1.82, 2.24) is 15.8 Å². The van der Waals surface area contributed by atoms with E-state index in [2.05, 4.69) is 22.7 Å². The molecule has 1 aliphatic rings. The summed E-state index contributed by atoms with van der Waals surface area (Å²) in [6.07, 6.45) is 1.02. The Hall–Kier alpha value is -1.27. The van der Waals surface area contributed by atoms with E-state index >= 15 is 0 Å². The summed E-state index contributed by atoms with van der Waals surface area (Å²) >= 11 is 12.5. The maximum Gasteiger partial charge on any atom is 0.257 e. The normalized spacial score (nSPS) is 20.0. The van der Waals surface area contributed by atoms with Crippen molar-refractivity contribution in [1.29, 1.82) is 0 Å². The lowest BCUT2D eigenvalue weighted by atomic mass is 9.94. The van der Waals surface area contributed by atoms with E-state index in [0.29, 0.717) is 38.5 Å². The maximum atomic E-state index is 12.8. The molecule has 5 nitrogen and oxygen atoms in total. The summed E-state index contributed by atoms with van der Waals surface area (Å²) in [5.41, 5.74) is 1.26. The number of piperidine rings is 1. The van der Waals surface area contributed by atoms with Crippen LogP contribution in [-0.2, 0) is 0 Å². The monoisotopic (exact) mass is 403 g/mol. The van der Waals surface area contributed by atoms with E-state index in [4.69, 9.17) is 27.7 Å². The number of aryl methyl sites for hydroxylation is 1. The molecular weight excluding hydrogens is 385 g/mol. The van der Waals surface area contributed by atoms with Crippen molar-refractivity contribution in [2.75, 3.05) is 13.1 Å². The van der Waals surface area contributed by atoms with Crippen molar-refractivity contribution in [3.63, 3.8) is 0 Å². The van der Waals surface area contributed by atoms with Crippen LogP contribution < -0.4 is 10.6 Å². The van der Waals surface area contributed by atoms with Gasteiger partial charge in [0.1, 0.15) is 17.0 Å². The molecule has 136 valence electrons. The van der Waals surface area contributed by atoms with Gasteiger partial charge in [0.05, 0.1) is 10.0 Å². The smallest absolute Gasteiger partial charge is 0.257 e. The maximum absolute atomic E-state index is 12.8. The average molecular weight is 405 g/mol. The summed E-state index contributed by atoms with van der Waals surface area (Å²) < 4.78 is 5.25. The highest BCUT2D eigenvalue weighted by Crippen LogP contribution is 2.36. The third kappa shape index (κ3) is 4.11. The minimum atomic E-state index is -0.222. The number of hydrogen-bond donors (Lipinski definition) is 2. The van der Waals surface area contributed by atoms with E-state index in [9.17, 15) is 4.79 Å². The van der Waals surface area contributed by atoms with Gasteiger partial charge in [0, 0.05) is 18.2 Å². The van der Waals surface area contributed by atoms with E-state index in [-0.39, 0.29) is 24.4 Å². The van der Waals surface area contributed by atoms with Crippen LogP contribution >= 0.6 is 35.6 Å². The third-order valence-electron chi connectivity index (χ3n) is 4.43. The number of carbonyl (C=O) groups is 1. The van der Waals surface area contributed by atoms with Crippen LogP contribution in [0.5, 0.6) is 0 Å². The molecule has 1 aliphatic heterocycles. The lowest BCUT2D eigenvalue weighted by Crippen LogP contribution is -2.50. The van der Waals surface area contributed by atoms with E-state index in [0.717, 1.165) is 19.5 Å². The molecule has 1 aromatic heterocycles. The van der Waals surface area contributed by atoms with E-state index in [1.165, 1.54) is 0 Å². The lowest BCUT2D eigenvalue weighted by molar-refractivity contribution is 0.0914. The Labute approximate surface area is 162 Å². The summed E-state index contributed by atoms with van der Waals surface area (Å²) in [6.45, 7) is 5.57. The number of hydrogen-bond acceptors (Lipinski definition) is 4. The Bertz CT molecular complexity index is 743. The van der Waals surface area contributed by atoms with Gasteiger partial charge in [-0.25, -0.2) is 0 Å². The first kappa shape index (κ1) is 20.0. The summed E-state index contributed by atoms with van der Waals surface area (Å²) in [4.78, 5) is 12.8. The molecule has 1 fully saturated rings. The molecular formula is C17H20Cl3N3O2. The molecule has 2 atom stereocenters. The number of benzene rings is 1. The van der Waals surface area contributed by atoms with Crippen LogP contribution in [-0.4, -0.2) is 30.2 Å². The molecule has 1 saturated heterocycles. The number of aromatic nitrogens is 1. The van der Waals surface area contributed by atoms with Gasteiger partial charge in [0.25, 0.3) is 5.91 Å². The Morgan fingerprint density at radius 3 is 2.68 bits per heavy atom. The summed E-state index contributed by atoms with van der Waals surface area (Å²) in [6, 6.07) is 5.23. The fourth-order valence-corrected chi connectivity index (χ4v) is 3.53. The van der Waals surface area contributed by atoms with Crippen LogP contribution in [0.1, 0.15) is 29.5 Å². The Morgan fingerprint density at radius 1 is 1.36 bits per heavy atom. The largest absolute Gasteiger partial charge is 0.360 e. The van der Waals surface area contributed by atoms with Crippen LogP contribution in [0, 0.1) is 12.8 Å². The van der Waals surface area contributed by atoms with Crippen molar-refractivity contribution < 1.29 is 9.32 Å². The number of halogens is 3. The molecule has 3 rings (SSSR count). The fourth-order valence-electron chi connectivity index (χ4n) is 2.96. The lowest BCUT2D eigenvalue weighted by Gasteiger charge is -2.30. The third-order valence-corrected chi connectivity index (χ3v) is 5.06. The summed E-state index contributed by atoms with van der Waals surface area (Å²) in [7, 11) is 0. The molecule has 0 aliphatic carbocycles. The van der Waals surface area contributed by atoms with Crippen LogP contribution in [0.15, 0.2) is 22.7 Å². The van der Waals surface area contributed by atoms with E-state index < -0.39 is 0 Å². The molecule has 8 heteroatoms. The van der Waals surface area contributed by atoms with Gasteiger partial charge in [-0.1, -0.05) is 41.3 Å². The van der Waals surface area contributed by atoms with Crippen molar-refractivity contribution in [3.8, 4) is 11.3 Å². The number of carbonyl (C=O) groups excluding carboxylic acids is 1. The van der Waals surface area contributed by atoms with E-state index in [1.54, 1.807) is 25.1 Å². The molecule has 0 bridgehead atoms. The van der Waals surface area contributed by atoms with Gasteiger partial charge in [-0.2, -0.15) is 0 Å². The van der Waals surface area contributed by atoms with Gasteiger partial charge in [-0.3, -0.25) is 4.79 Å². The second kappa shape index (κ2) is 8.41. The Kier molecular flexibility index (Phi) is 6.74.